The zero-order valence-corrected chi connectivity index (χ0v) is 19.8. The van der Waals surface area contributed by atoms with Gasteiger partial charge in [-0.05, 0) is 37.0 Å². The van der Waals surface area contributed by atoms with Crippen LogP contribution < -0.4 is 11.1 Å². The molecule has 0 saturated carbocycles. The summed E-state index contributed by atoms with van der Waals surface area (Å²) in [5, 5.41) is 12.9. The second-order valence-electron chi connectivity index (χ2n) is 9.16. The number of carbonyl (C=O) groups excluding carboxylic acids is 2. The van der Waals surface area contributed by atoms with Crippen LogP contribution >= 0.6 is 0 Å². The number of carboxylic acids is 1. The monoisotopic (exact) mass is 496 g/mol. The predicted octanol–water partition coefficient (Wildman–Crippen LogP) is 3.66. The Bertz CT molecular complexity index is 1450. The van der Waals surface area contributed by atoms with Crippen molar-refractivity contribution in [2.45, 2.75) is 31.6 Å². The summed E-state index contributed by atoms with van der Waals surface area (Å²) >= 11 is 0. The van der Waals surface area contributed by atoms with Gasteiger partial charge in [-0.25, -0.2) is 0 Å². The molecule has 0 heterocycles. The number of hydrogen-bond donors (Lipinski definition) is 4. The van der Waals surface area contributed by atoms with Crippen LogP contribution in [0.15, 0.2) is 59.2 Å². The van der Waals surface area contributed by atoms with Crippen LogP contribution in [0.4, 0.5) is 11.4 Å². The molecule has 10 heteroatoms. The standard InChI is InChI=1S/C25H24N2O7S/c1-13(2)11-25(24(30)31)9-5-6-14(12-25)27-17-10-18(35(32,33)34)21(26)20-19(17)22(28)15-7-3-4-8-16(15)23(20)29/h3-8,10,12-13,27H,9,11,26H2,1-2H3,(H,30,31)(H,32,33,34). The minimum absolute atomic E-state index is 0.0637. The third kappa shape index (κ3) is 4.15. The number of carboxylic acid groups (broad SMARTS) is 1. The van der Waals surface area contributed by atoms with E-state index in [4.69, 9.17) is 5.73 Å². The first kappa shape index (κ1) is 24.4. The topological polar surface area (TPSA) is 164 Å². The van der Waals surface area contributed by atoms with Gasteiger partial charge >= 0.3 is 5.97 Å². The Labute approximate surface area is 202 Å². The van der Waals surface area contributed by atoms with Gasteiger partial charge in [0.1, 0.15) is 4.90 Å². The third-order valence-corrected chi connectivity index (χ3v) is 7.06. The highest BCUT2D eigenvalue weighted by molar-refractivity contribution is 7.86. The molecule has 2 aromatic rings. The van der Waals surface area contributed by atoms with E-state index in [1.165, 1.54) is 18.2 Å². The maximum atomic E-state index is 13.4. The number of nitrogen functional groups attached to an aromatic ring is 1. The van der Waals surface area contributed by atoms with Crippen LogP contribution in [0.2, 0.25) is 0 Å². The summed E-state index contributed by atoms with van der Waals surface area (Å²) in [6.07, 6.45) is 5.41. The lowest BCUT2D eigenvalue weighted by Gasteiger charge is -2.31. The van der Waals surface area contributed by atoms with Crippen molar-refractivity contribution in [3.05, 3.63) is 76.5 Å². The summed E-state index contributed by atoms with van der Waals surface area (Å²) in [6.45, 7) is 3.81. The van der Waals surface area contributed by atoms with Gasteiger partial charge in [0.25, 0.3) is 10.1 Å². The molecule has 1 unspecified atom stereocenters. The van der Waals surface area contributed by atoms with Gasteiger partial charge in [0.05, 0.1) is 27.9 Å². The van der Waals surface area contributed by atoms with E-state index in [1.807, 2.05) is 13.8 Å². The average Bonchev–Trinajstić information content (AvgIpc) is 2.77. The number of carbonyl (C=O) groups is 3. The van der Waals surface area contributed by atoms with E-state index in [2.05, 4.69) is 5.32 Å². The van der Waals surface area contributed by atoms with Crippen LogP contribution in [0.25, 0.3) is 0 Å². The van der Waals surface area contributed by atoms with Crippen molar-refractivity contribution >= 4 is 39.0 Å². The zero-order chi connectivity index (χ0) is 25.7. The molecule has 1 atom stereocenters. The number of ketones is 2. The van der Waals surface area contributed by atoms with Gasteiger partial charge in [-0.2, -0.15) is 8.42 Å². The summed E-state index contributed by atoms with van der Waals surface area (Å²) in [4.78, 5) is 38.1. The lowest BCUT2D eigenvalue weighted by Crippen LogP contribution is -2.32. The summed E-state index contributed by atoms with van der Waals surface area (Å²) in [5.74, 6) is -2.17. The first-order valence-electron chi connectivity index (χ1n) is 10.9. The van der Waals surface area contributed by atoms with Gasteiger partial charge in [-0.1, -0.05) is 44.2 Å². The van der Waals surface area contributed by atoms with E-state index in [0.717, 1.165) is 6.07 Å². The second kappa shape index (κ2) is 8.47. The van der Waals surface area contributed by atoms with Gasteiger partial charge < -0.3 is 16.2 Å². The molecule has 5 N–H and O–H groups in total. The SMILES string of the molecule is CC(C)CC1(C(=O)O)C=C(Nc2cc(S(=O)(=O)O)c(N)c3c2C(=O)c2ccccc2C3=O)C=CC1. The third-order valence-electron chi connectivity index (χ3n) is 6.17. The lowest BCUT2D eigenvalue weighted by molar-refractivity contribution is -0.146. The van der Waals surface area contributed by atoms with Gasteiger partial charge in [0, 0.05) is 16.8 Å². The molecule has 2 aliphatic rings. The maximum absolute atomic E-state index is 13.4. The number of nitrogens with two attached hydrogens (primary N) is 1. The molecule has 0 bridgehead atoms. The normalized spacial score (nSPS) is 19.3. The van der Waals surface area contributed by atoms with E-state index < -0.39 is 43.7 Å². The number of rotatable bonds is 6. The number of fused-ring (bicyclic) bond motifs is 2. The fraction of sp³-hybridized carbons (Fsp3) is 0.240. The van der Waals surface area contributed by atoms with Crippen LogP contribution in [0, 0.1) is 11.3 Å². The smallest absolute Gasteiger partial charge is 0.313 e. The molecule has 0 spiro atoms. The number of aliphatic carboxylic acids is 1. The average molecular weight is 497 g/mol. The van der Waals surface area contributed by atoms with E-state index in [0.29, 0.717) is 12.1 Å². The van der Waals surface area contributed by atoms with Crippen molar-refractivity contribution in [1.82, 2.24) is 0 Å². The molecule has 0 saturated heterocycles. The molecule has 0 fully saturated rings. The number of benzene rings is 2. The molecule has 182 valence electrons. The van der Waals surface area contributed by atoms with Crippen molar-refractivity contribution < 1.29 is 32.5 Å². The Kier molecular flexibility index (Phi) is 5.90. The molecule has 2 aliphatic carbocycles. The van der Waals surface area contributed by atoms with E-state index in [9.17, 15) is 32.5 Å². The van der Waals surface area contributed by atoms with Gasteiger partial charge in [-0.3, -0.25) is 18.9 Å². The number of hydrogen-bond acceptors (Lipinski definition) is 7. The molecule has 0 aliphatic heterocycles. The highest BCUT2D eigenvalue weighted by Crippen LogP contribution is 2.41. The van der Waals surface area contributed by atoms with Crippen LogP contribution in [-0.2, 0) is 14.9 Å². The van der Waals surface area contributed by atoms with Crippen molar-refractivity contribution in [1.29, 1.82) is 0 Å². The Morgan fingerprint density at radius 1 is 1.14 bits per heavy atom. The highest BCUT2D eigenvalue weighted by Gasteiger charge is 2.39. The van der Waals surface area contributed by atoms with Gasteiger partial charge in [-0.15, -0.1) is 0 Å². The summed E-state index contributed by atoms with van der Waals surface area (Å²) in [7, 11) is -4.86. The summed E-state index contributed by atoms with van der Waals surface area (Å²) in [5.41, 5.74) is 4.16. The van der Waals surface area contributed by atoms with E-state index in [-0.39, 0.29) is 40.3 Å². The fourth-order valence-electron chi connectivity index (χ4n) is 4.75. The first-order chi connectivity index (χ1) is 16.4. The molecule has 2 aromatic carbocycles. The van der Waals surface area contributed by atoms with Crippen LogP contribution in [0.1, 0.15) is 58.5 Å². The molecule has 0 amide bonds. The predicted molar refractivity (Wildman–Crippen MR) is 129 cm³/mol. The number of nitrogens with one attached hydrogen (secondary N) is 1. The molecule has 0 aromatic heterocycles. The largest absolute Gasteiger partial charge is 0.481 e. The molecule has 0 radical (unpaired) electrons. The Hall–Kier alpha value is -3.76. The minimum atomic E-state index is -4.86. The summed E-state index contributed by atoms with van der Waals surface area (Å²) in [6, 6.07) is 7.06. The van der Waals surface area contributed by atoms with Crippen LogP contribution in [0.5, 0.6) is 0 Å². The molecule has 35 heavy (non-hydrogen) atoms. The molecular formula is C25H24N2O7S. The van der Waals surface area contributed by atoms with Crippen molar-refractivity contribution in [2.24, 2.45) is 11.3 Å². The highest BCUT2D eigenvalue weighted by atomic mass is 32.2. The molecule has 4 rings (SSSR count). The quantitative estimate of drug-likeness (QED) is 0.294. The first-order valence-corrected chi connectivity index (χ1v) is 12.3. The van der Waals surface area contributed by atoms with Crippen molar-refractivity contribution in [3.8, 4) is 0 Å². The Morgan fingerprint density at radius 3 is 2.29 bits per heavy atom. The lowest BCUT2D eigenvalue weighted by atomic mass is 9.74. The number of allylic oxidation sites excluding steroid dienone is 2. The second-order valence-corrected chi connectivity index (χ2v) is 10.5. The van der Waals surface area contributed by atoms with Gasteiger partial charge in [0.15, 0.2) is 11.6 Å². The minimum Gasteiger partial charge on any atom is -0.481 e. The maximum Gasteiger partial charge on any atom is 0.313 e. The Morgan fingerprint density at radius 2 is 1.74 bits per heavy atom. The Balaban J connectivity index is 1.94. The molecular weight excluding hydrogens is 472 g/mol. The molecule has 9 nitrogen and oxygen atoms in total. The van der Waals surface area contributed by atoms with Crippen LogP contribution in [0.3, 0.4) is 0 Å². The van der Waals surface area contributed by atoms with Gasteiger partial charge in [0.2, 0.25) is 0 Å². The van der Waals surface area contributed by atoms with Crippen molar-refractivity contribution in [2.75, 3.05) is 11.1 Å². The summed E-state index contributed by atoms with van der Waals surface area (Å²) < 4.78 is 33.9. The van der Waals surface area contributed by atoms with E-state index in [1.54, 1.807) is 24.3 Å². The van der Waals surface area contributed by atoms with Crippen LogP contribution in [-0.4, -0.2) is 35.6 Å². The zero-order valence-electron chi connectivity index (χ0n) is 19.0. The number of anilines is 2. The van der Waals surface area contributed by atoms with Crippen molar-refractivity contribution in [3.63, 3.8) is 0 Å². The fourth-order valence-corrected chi connectivity index (χ4v) is 5.39. The van der Waals surface area contributed by atoms with E-state index >= 15 is 0 Å².